The molecule has 2 aromatic rings. The van der Waals surface area contributed by atoms with Gasteiger partial charge in [0.2, 0.25) is 0 Å². The fourth-order valence-corrected chi connectivity index (χ4v) is 2.05. The first-order valence-corrected chi connectivity index (χ1v) is 6.24. The number of H-pyrrole nitrogens is 1. The third-order valence-corrected chi connectivity index (χ3v) is 4.03. The summed E-state index contributed by atoms with van der Waals surface area (Å²) >= 11 is 6.61. The lowest BCUT2D eigenvalue weighted by Gasteiger charge is -2.14. The van der Waals surface area contributed by atoms with E-state index in [0.29, 0.717) is 20.4 Å². The zero-order valence-corrected chi connectivity index (χ0v) is 12.2. The van der Waals surface area contributed by atoms with Crippen molar-refractivity contribution in [3.05, 3.63) is 25.1 Å². The summed E-state index contributed by atoms with van der Waals surface area (Å²) < 4.78 is 2.74. The normalized spacial score (nSPS) is 12.3. The molecule has 7 heteroatoms. The van der Waals surface area contributed by atoms with Gasteiger partial charge in [-0.25, -0.2) is 0 Å². The Hall–Kier alpha value is -0.690. The van der Waals surface area contributed by atoms with E-state index in [9.17, 15) is 4.79 Å². The molecule has 0 atom stereocenters. The van der Waals surface area contributed by atoms with E-state index < -0.39 is 0 Å². The number of nitrogens with one attached hydrogen (secondary N) is 1. The molecule has 0 aliphatic carbocycles. The lowest BCUT2D eigenvalue weighted by atomic mass is 9.93. The maximum absolute atomic E-state index is 12.1. The summed E-state index contributed by atoms with van der Waals surface area (Å²) in [5.41, 5.74) is 0.412. The van der Waals surface area contributed by atoms with Crippen LogP contribution in [0.1, 0.15) is 26.5 Å². The van der Waals surface area contributed by atoms with Gasteiger partial charge in [-0.3, -0.25) is 9.89 Å². The number of hydrogen-bond acceptors (Lipinski definition) is 3. The number of aromatic nitrogens is 4. The summed E-state index contributed by atoms with van der Waals surface area (Å²) in [6.45, 7) is 5.79. The first-order chi connectivity index (χ1) is 7.32. The van der Waals surface area contributed by atoms with Gasteiger partial charge in [-0.2, -0.15) is 4.52 Å². The molecule has 16 heavy (non-hydrogen) atoms. The van der Waals surface area contributed by atoms with Crippen LogP contribution in [0.15, 0.2) is 13.9 Å². The second-order valence-corrected chi connectivity index (χ2v) is 6.09. The highest BCUT2D eigenvalue weighted by molar-refractivity contribution is 9.13. The first kappa shape index (κ1) is 11.8. The lowest BCUT2D eigenvalue weighted by molar-refractivity contribution is 0.542. The molecule has 0 aliphatic heterocycles. The molecule has 0 fully saturated rings. The number of hydrogen-bond donors (Lipinski definition) is 1. The van der Waals surface area contributed by atoms with Crippen LogP contribution in [0.25, 0.3) is 5.65 Å². The minimum atomic E-state index is -0.324. The van der Waals surface area contributed by atoms with Gasteiger partial charge in [0.15, 0.2) is 5.65 Å². The Balaban J connectivity index is 2.86. The third kappa shape index (κ3) is 1.71. The highest BCUT2D eigenvalue weighted by Gasteiger charge is 2.23. The van der Waals surface area contributed by atoms with Crippen LogP contribution in [-0.2, 0) is 5.41 Å². The van der Waals surface area contributed by atoms with Crippen LogP contribution in [0, 0.1) is 0 Å². The zero-order valence-electron chi connectivity index (χ0n) is 9.01. The van der Waals surface area contributed by atoms with Crippen molar-refractivity contribution in [2.45, 2.75) is 26.2 Å². The molecule has 86 valence electrons. The molecular weight excluding hydrogens is 340 g/mol. The average Bonchev–Trinajstić information content (AvgIpc) is 2.44. The van der Waals surface area contributed by atoms with E-state index >= 15 is 0 Å². The predicted molar refractivity (Wildman–Crippen MR) is 67.7 cm³/mol. The summed E-state index contributed by atoms with van der Waals surface area (Å²) in [6.07, 6.45) is 0. The number of aromatic amines is 1. The summed E-state index contributed by atoms with van der Waals surface area (Å²) in [6, 6.07) is 0. The van der Waals surface area contributed by atoms with E-state index in [0.717, 1.165) is 0 Å². The van der Waals surface area contributed by atoms with Gasteiger partial charge in [0, 0.05) is 5.41 Å². The number of fused-ring (bicyclic) bond motifs is 1. The van der Waals surface area contributed by atoms with Crippen LogP contribution in [0.4, 0.5) is 0 Å². The van der Waals surface area contributed by atoms with Crippen molar-refractivity contribution >= 4 is 37.5 Å². The highest BCUT2D eigenvalue weighted by Crippen LogP contribution is 2.25. The van der Waals surface area contributed by atoms with Gasteiger partial charge >= 0.3 is 0 Å². The molecule has 0 saturated heterocycles. The molecule has 0 unspecified atom stereocenters. The van der Waals surface area contributed by atoms with Gasteiger partial charge in [0.25, 0.3) is 5.56 Å². The van der Waals surface area contributed by atoms with Crippen molar-refractivity contribution in [3.8, 4) is 0 Å². The van der Waals surface area contributed by atoms with Gasteiger partial charge in [-0.1, -0.05) is 20.8 Å². The van der Waals surface area contributed by atoms with Crippen LogP contribution in [0.5, 0.6) is 0 Å². The zero-order chi connectivity index (χ0) is 12.1. The van der Waals surface area contributed by atoms with Crippen molar-refractivity contribution in [1.82, 2.24) is 19.8 Å². The second-order valence-electron chi connectivity index (χ2n) is 4.50. The molecule has 0 bridgehead atoms. The minimum Gasteiger partial charge on any atom is -0.281 e. The largest absolute Gasteiger partial charge is 0.295 e. The van der Waals surface area contributed by atoms with Crippen LogP contribution in [-0.4, -0.2) is 19.8 Å². The van der Waals surface area contributed by atoms with Gasteiger partial charge in [0.05, 0.1) is 4.47 Å². The minimum absolute atomic E-state index is 0.177. The Labute approximate surface area is 109 Å². The summed E-state index contributed by atoms with van der Waals surface area (Å²) in [7, 11) is 0. The van der Waals surface area contributed by atoms with Crippen LogP contribution >= 0.6 is 31.9 Å². The van der Waals surface area contributed by atoms with Gasteiger partial charge < -0.3 is 0 Å². The molecule has 2 aromatic heterocycles. The van der Waals surface area contributed by atoms with E-state index in [1.807, 2.05) is 20.8 Å². The monoisotopic (exact) mass is 348 g/mol. The first-order valence-electron chi connectivity index (χ1n) is 4.65. The summed E-state index contributed by atoms with van der Waals surface area (Å²) in [5, 5.41) is 10.9. The molecule has 0 spiro atoms. The summed E-state index contributed by atoms with van der Waals surface area (Å²) in [4.78, 5) is 12.1. The maximum Gasteiger partial charge on any atom is 0.295 e. The lowest BCUT2D eigenvalue weighted by Crippen LogP contribution is -2.30. The molecule has 2 heterocycles. The SMILES string of the molecule is CC(C)(C)c1nnc2c(Br)c(Br)[nH]n2c1=O. The molecule has 0 aliphatic rings. The molecular formula is C9H10Br2N4O. The van der Waals surface area contributed by atoms with Gasteiger partial charge in [-0.15, -0.1) is 10.2 Å². The Bertz CT molecular complexity index is 608. The number of nitrogens with zero attached hydrogens (tertiary/aromatic N) is 3. The fourth-order valence-electron chi connectivity index (χ4n) is 1.35. The number of halogens is 2. The Morgan fingerprint density at radius 2 is 1.88 bits per heavy atom. The molecule has 0 saturated carbocycles. The quantitative estimate of drug-likeness (QED) is 0.793. The Morgan fingerprint density at radius 1 is 1.25 bits per heavy atom. The Kier molecular flexibility index (Phi) is 2.70. The maximum atomic E-state index is 12.1. The van der Waals surface area contributed by atoms with E-state index in [-0.39, 0.29) is 11.0 Å². The molecule has 0 amide bonds. The van der Waals surface area contributed by atoms with E-state index in [1.165, 1.54) is 4.52 Å². The standard InChI is InChI=1S/C9H10Br2N4O/c1-9(2,3)5-8(16)15-7(13-12-5)4(10)6(11)14-15/h14H,1-3H3. The topological polar surface area (TPSA) is 63.1 Å². The smallest absolute Gasteiger partial charge is 0.281 e. The van der Waals surface area contributed by atoms with Crippen molar-refractivity contribution in [2.75, 3.05) is 0 Å². The van der Waals surface area contributed by atoms with Crippen molar-refractivity contribution < 1.29 is 0 Å². The molecule has 5 nitrogen and oxygen atoms in total. The van der Waals surface area contributed by atoms with Crippen LogP contribution < -0.4 is 5.56 Å². The summed E-state index contributed by atoms with van der Waals surface area (Å²) in [5.74, 6) is 0. The fraction of sp³-hybridized carbons (Fsp3) is 0.444. The number of rotatable bonds is 0. The van der Waals surface area contributed by atoms with Crippen molar-refractivity contribution in [2.24, 2.45) is 0 Å². The third-order valence-electron chi connectivity index (χ3n) is 2.17. The van der Waals surface area contributed by atoms with Crippen LogP contribution in [0.3, 0.4) is 0 Å². The predicted octanol–water partition coefficient (Wildman–Crippen LogP) is 2.24. The molecule has 0 aromatic carbocycles. The molecule has 2 rings (SSSR count). The van der Waals surface area contributed by atoms with Gasteiger partial charge in [0.1, 0.15) is 10.3 Å². The molecule has 1 N–H and O–H groups in total. The Morgan fingerprint density at radius 3 is 2.44 bits per heavy atom. The van der Waals surface area contributed by atoms with Crippen molar-refractivity contribution in [3.63, 3.8) is 0 Å². The van der Waals surface area contributed by atoms with Crippen molar-refractivity contribution in [1.29, 1.82) is 0 Å². The van der Waals surface area contributed by atoms with Gasteiger partial charge in [-0.05, 0) is 31.9 Å². The van der Waals surface area contributed by atoms with Crippen LogP contribution in [0.2, 0.25) is 0 Å². The molecule has 0 radical (unpaired) electrons. The van der Waals surface area contributed by atoms with E-state index in [1.54, 1.807) is 0 Å². The average molecular weight is 350 g/mol. The van der Waals surface area contributed by atoms with E-state index in [2.05, 4.69) is 47.2 Å². The highest BCUT2D eigenvalue weighted by atomic mass is 79.9. The van der Waals surface area contributed by atoms with E-state index in [4.69, 9.17) is 0 Å². The second kappa shape index (κ2) is 3.66.